The monoisotopic (exact) mass is 164 g/mol. The average Bonchev–Trinajstić information content (AvgIpc) is 2.29. The van der Waals surface area contributed by atoms with E-state index in [-0.39, 0.29) is 0 Å². The van der Waals surface area contributed by atoms with Crippen molar-refractivity contribution in [3.8, 4) is 0 Å². The first-order valence-corrected chi connectivity index (χ1v) is 5.05. The molecule has 0 radical (unpaired) electrons. The van der Waals surface area contributed by atoms with Crippen LogP contribution in [-0.2, 0) is 4.79 Å². The second-order valence-electron chi connectivity index (χ2n) is 4.02. The molecule has 0 bridgehead atoms. The van der Waals surface area contributed by atoms with E-state index in [4.69, 9.17) is 0 Å². The van der Waals surface area contributed by atoms with Crippen LogP contribution in [0.3, 0.4) is 0 Å². The van der Waals surface area contributed by atoms with Gasteiger partial charge in [0, 0.05) is 12.3 Å². The van der Waals surface area contributed by atoms with Crippen LogP contribution >= 0.6 is 0 Å². The topological polar surface area (TPSA) is 17.1 Å². The number of hydrogen-bond donors (Lipinski definition) is 0. The summed E-state index contributed by atoms with van der Waals surface area (Å²) >= 11 is 0. The molecule has 0 aromatic carbocycles. The molecule has 0 N–H and O–H groups in total. The van der Waals surface area contributed by atoms with Crippen LogP contribution in [-0.4, -0.2) is 5.78 Å². The number of hydrogen-bond acceptors (Lipinski definition) is 1. The molecule has 0 amide bonds. The Bertz CT molecular complexity index is 205. The maximum atomic E-state index is 11.6. The van der Waals surface area contributed by atoms with Gasteiger partial charge in [-0.2, -0.15) is 0 Å². The first-order valence-electron chi connectivity index (χ1n) is 5.05. The zero-order valence-corrected chi connectivity index (χ0v) is 7.46. The fraction of sp³-hybridized carbons (Fsp3) is 0.727. The summed E-state index contributed by atoms with van der Waals surface area (Å²) in [5, 5.41) is 0. The van der Waals surface area contributed by atoms with Crippen LogP contribution in [0.25, 0.3) is 0 Å². The third-order valence-electron chi connectivity index (χ3n) is 3.23. The van der Waals surface area contributed by atoms with Crippen LogP contribution in [0.5, 0.6) is 0 Å². The summed E-state index contributed by atoms with van der Waals surface area (Å²) in [7, 11) is 0. The van der Waals surface area contributed by atoms with E-state index in [1.54, 1.807) is 0 Å². The van der Waals surface area contributed by atoms with Crippen LogP contribution in [0.4, 0.5) is 0 Å². The van der Waals surface area contributed by atoms with Crippen molar-refractivity contribution in [2.75, 3.05) is 0 Å². The molecule has 12 heavy (non-hydrogen) atoms. The molecule has 2 rings (SSSR count). The van der Waals surface area contributed by atoms with Gasteiger partial charge in [-0.05, 0) is 31.6 Å². The Balaban J connectivity index is 2.13. The molecule has 2 aliphatic rings. The minimum Gasteiger partial charge on any atom is -0.299 e. The lowest BCUT2D eigenvalue weighted by atomic mass is 9.79. The lowest BCUT2D eigenvalue weighted by molar-refractivity contribution is -0.124. The third kappa shape index (κ3) is 1.45. The van der Waals surface area contributed by atoms with Crippen molar-refractivity contribution in [1.29, 1.82) is 0 Å². The number of rotatable bonds is 0. The molecule has 0 spiro atoms. The molecule has 1 heteroatoms. The predicted molar refractivity (Wildman–Crippen MR) is 48.8 cm³/mol. The van der Waals surface area contributed by atoms with Crippen molar-refractivity contribution in [2.24, 2.45) is 11.8 Å². The molecule has 2 unspecified atom stereocenters. The van der Waals surface area contributed by atoms with Gasteiger partial charge >= 0.3 is 0 Å². The second-order valence-corrected chi connectivity index (χ2v) is 4.02. The van der Waals surface area contributed by atoms with Crippen LogP contribution in [0.1, 0.15) is 38.5 Å². The van der Waals surface area contributed by atoms with Crippen LogP contribution in [0.15, 0.2) is 12.2 Å². The quantitative estimate of drug-likeness (QED) is 0.503. The SMILES string of the molecule is O=C1CCCCC2CC=CCC12. The molecule has 1 saturated carbocycles. The predicted octanol–water partition coefficient (Wildman–Crippen LogP) is 2.71. The lowest BCUT2D eigenvalue weighted by Crippen LogP contribution is -2.23. The Morgan fingerprint density at radius 3 is 2.92 bits per heavy atom. The molecule has 2 aliphatic carbocycles. The maximum Gasteiger partial charge on any atom is 0.136 e. The fourth-order valence-corrected chi connectivity index (χ4v) is 2.48. The van der Waals surface area contributed by atoms with Crippen molar-refractivity contribution in [3.05, 3.63) is 12.2 Å². The molecule has 1 nitrogen and oxygen atoms in total. The molecule has 66 valence electrons. The summed E-state index contributed by atoms with van der Waals surface area (Å²) < 4.78 is 0. The van der Waals surface area contributed by atoms with Crippen molar-refractivity contribution in [1.82, 2.24) is 0 Å². The molecule has 0 saturated heterocycles. The highest BCUT2D eigenvalue weighted by Gasteiger charge is 2.29. The van der Waals surface area contributed by atoms with E-state index in [0.29, 0.717) is 17.6 Å². The van der Waals surface area contributed by atoms with E-state index in [1.807, 2.05) is 0 Å². The largest absolute Gasteiger partial charge is 0.299 e. The van der Waals surface area contributed by atoms with Gasteiger partial charge in [-0.15, -0.1) is 0 Å². The first-order chi connectivity index (χ1) is 5.88. The molecular weight excluding hydrogens is 148 g/mol. The van der Waals surface area contributed by atoms with Crippen LogP contribution in [0, 0.1) is 11.8 Å². The highest BCUT2D eigenvalue weighted by atomic mass is 16.1. The average molecular weight is 164 g/mol. The van der Waals surface area contributed by atoms with Crippen molar-refractivity contribution in [3.63, 3.8) is 0 Å². The first kappa shape index (κ1) is 8.03. The van der Waals surface area contributed by atoms with Crippen molar-refractivity contribution >= 4 is 5.78 Å². The summed E-state index contributed by atoms with van der Waals surface area (Å²) in [6, 6.07) is 0. The smallest absolute Gasteiger partial charge is 0.136 e. The zero-order valence-electron chi connectivity index (χ0n) is 7.46. The van der Waals surface area contributed by atoms with Gasteiger partial charge in [0.2, 0.25) is 0 Å². The van der Waals surface area contributed by atoms with Gasteiger partial charge < -0.3 is 0 Å². The van der Waals surface area contributed by atoms with E-state index < -0.39 is 0 Å². The molecule has 0 aromatic rings. The normalized spacial score (nSPS) is 35.8. The standard InChI is InChI=1S/C11H16O/c12-11-8-4-2-6-9-5-1-3-7-10(9)11/h1,3,9-10H,2,4-8H2. The summed E-state index contributed by atoms with van der Waals surface area (Å²) in [6.07, 6.45) is 11.1. The van der Waals surface area contributed by atoms with Gasteiger partial charge in [0.25, 0.3) is 0 Å². The number of fused-ring (bicyclic) bond motifs is 1. The number of carbonyl (C=O) groups excluding carboxylic acids is 1. The van der Waals surface area contributed by atoms with E-state index in [1.165, 1.54) is 12.8 Å². The van der Waals surface area contributed by atoms with Crippen LogP contribution < -0.4 is 0 Å². The van der Waals surface area contributed by atoms with Crippen LogP contribution in [0.2, 0.25) is 0 Å². The lowest BCUT2D eigenvalue weighted by Gasteiger charge is -2.24. The molecule has 0 aliphatic heterocycles. The highest BCUT2D eigenvalue weighted by molar-refractivity contribution is 5.81. The summed E-state index contributed by atoms with van der Waals surface area (Å²) in [5.74, 6) is 1.60. The van der Waals surface area contributed by atoms with Crippen molar-refractivity contribution < 1.29 is 4.79 Å². The van der Waals surface area contributed by atoms with Crippen molar-refractivity contribution in [2.45, 2.75) is 38.5 Å². The Hall–Kier alpha value is -0.590. The molecule has 1 fully saturated rings. The fourth-order valence-electron chi connectivity index (χ4n) is 2.48. The van der Waals surface area contributed by atoms with Gasteiger partial charge in [0.05, 0.1) is 0 Å². The highest BCUT2D eigenvalue weighted by Crippen LogP contribution is 2.34. The van der Waals surface area contributed by atoms with Gasteiger partial charge in [0.15, 0.2) is 0 Å². The summed E-state index contributed by atoms with van der Waals surface area (Å²) in [6.45, 7) is 0. The minimum absolute atomic E-state index is 0.387. The van der Waals surface area contributed by atoms with Gasteiger partial charge in [-0.3, -0.25) is 4.79 Å². The Morgan fingerprint density at radius 2 is 2.00 bits per heavy atom. The number of Topliss-reactive ketones (excluding diaryl/α,β-unsaturated/α-hetero) is 1. The molecule has 0 heterocycles. The van der Waals surface area contributed by atoms with E-state index in [2.05, 4.69) is 12.2 Å². The number of carbonyl (C=O) groups is 1. The third-order valence-corrected chi connectivity index (χ3v) is 3.23. The minimum atomic E-state index is 0.387. The van der Waals surface area contributed by atoms with E-state index in [0.717, 1.165) is 25.7 Å². The number of allylic oxidation sites excluding steroid dienone is 2. The van der Waals surface area contributed by atoms with Gasteiger partial charge in [-0.25, -0.2) is 0 Å². The molecular formula is C11H16O. The molecule has 0 aromatic heterocycles. The van der Waals surface area contributed by atoms with E-state index >= 15 is 0 Å². The van der Waals surface area contributed by atoms with Gasteiger partial charge in [-0.1, -0.05) is 18.6 Å². The molecule has 2 atom stereocenters. The summed E-state index contributed by atoms with van der Waals surface area (Å²) in [5.41, 5.74) is 0. The maximum absolute atomic E-state index is 11.6. The number of ketones is 1. The van der Waals surface area contributed by atoms with Gasteiger partial charge in [0.1, 0.15) is 5.78 Å². The Kier molecular flexibility index (Phi) is 2.29. The Morgan fingerprint density at radius 1 is 1.17 bits per heavy atom. The zero-order chi connectivity index (χ0) is 8.39. The summed E-state index contributed by atoms with van der Waals surface area (Å²) in [4.78, 5) is 11.6. The van der Waals surface area contributed by atoms with E-state index in [9.17, 15) is 4.79 Å². The Labute approximate surface area is 73.8 Å². The second kappa shape index (κ2) is 3.42.